The summed E-state index contributed by atoms with van der Waals surface area (Å²) in [6, 6.07) is 8.06. The smallest absolute Gasteiger partial charge is 0.211 e. The summed E-state index contributed by atoms with van der Waals surface area (Å²) in [6.45, 7) is 3.54. The molecule has 96 valence electrons. The highest BCUT2D eigenvalue weighted by molar-refractivity contribution is 9.10. The van der Waals surface area contributed by atoms with Crippen LogP contribution in [0.4, 0.5) is 0 Å². The van der Waals surface area contributed by atoms with Gasteiger partial charge in [0.15, 0.2) is 0 Å². The molecule has 0 spiro atoms. The molecule has 0 bridgehead atoms. The molecule has 17 heavy (non-hydrogen) atoms. The van der Waals surface area contributed by atoms with Crippen LogP contribution in [0.1, 0.15) is 25.8 Å². The van der Waals surface area contributed by atoms with Crippen LogP contribution in [0, 0.1) is 0 Å². The van der Waals surface area contributed by atoms with E-state index < -0.39 is 10.0 Å². The summed E-state index contributed by atoms with van der Waals surface area (Å²) in [6.07, 6.45) is 1.68. The number of rotatable bonds is 6. The normalized spacial score (nSPS) is 13.6. The first kappa shape index (κ1) is 14.7. The van der Waals surface area contributed by atoms with Gasteiger partial charge >= 0.3 is 0 Å². The van der Waals surface area contributed by atoms with E-state index in [4.69, 9.17) is 0 Å². The number of halogens is 1. The Kier molecular flexibility index (Phi) is 5.62. The van der Waals surface area contributed by atoms with Crippen LogP contribution in [-0.4, -0.2) is 20.2 Å². The largest absolute Gasteiger partial charge is 0.212 e. The van der Waals surface area contributed by atoms with E-state index in [1.165, 1.54) is 5.56 Å². The highest BCUT2D eigenvalue weighted by atomic mass is 79.9. The zero-order chi connectivity index (χ0) is 12.9. The fourth-order valence-corrected chi connectivity index (χ4v) is 2.64. The summed E-state index contributed by atoms with van der Waals surface area (Å²) in [7, 11) is -3.09. The second-order valence-corrected chi connectivity index (χ2v) is 7.05. The van der Waals surface area contributed by atoms with Crippen molar-refractivity contribution in [1.82, 2.24) is 4.72 Å². The summed E-state index contributed by atoms with van der Waals surface area (Å²) >= 11 is 3.38. The predicted octanol–water partition coefficient (Wildman–Crippen LogP) is 2.71. The summed E-state index contributed by atoms with van der Waals surface area (Å²) < 4.78 is 26.4. The van der Waals surface area contributed by atoms with Crippen molar-refractivity contribution < 1.29 is 8.42 Å². The Morgan fingerprint density at radius 1 is 1.29 bits per heavy atom. The maximum Gasteiger partial charge on any atom is 0.211 e. The minimum absolute atomic E-state index is 0.0244. The molecule has 0 aromatic heterocycles. The van der Waals surface area contributed by atoms with E-state index >= 15 is 0 Å². The Hall–Kier alpha value is -0.390. The lowest BCUT2D eigenvalue weighted by atomic mass is 10.1. The molecule has 1 unspecified atom stereocenters. The number of benzene rings is 1. The van der Waals surface area contributed by atoms with E-state index in [9.17, 15) is 8.42 Å². The van der Waals surface area contributed by atoms with Crippen molar-refractivity contribution in [1.29, 1.82) is 0 Å². The molecule has 0 heterocycles. The Morgan fingerprint density at radius 3 is 2.41 bits per heavy atom. The van der Waals surface area contributed by atoms with Gasteiger partial charge in [-0.05, 0) is 44.4 Å². The molecular weight excluding hydrogens is 302 g/mol. The van der Waals surface area contributed by atoms with Crippen molar-refractivity contribution in [2.24, 2.45) is 0 Å². The molecule has 5 heteroatoms. The molecule has 0 radical (unpaired) electrons. The monoisotopic (exact) mass is 319 g/mol. The maximum atomic E-state index is 11.3. The summed E-state index contributed by atoms with van der Waals surface area (Å²) in [4.78, 5) is 0. The third kappa shape index (κ3) is 5.66. The maximum absolute atomic E-state index is 11.3. The first-order valence-electron chi connectivity index (χ1n) is 5.67. The van der Waals surface area contributed by atoms with E-state index in [1.807, 2.05) is 31.2 Å². The van der Waals surface area contributed by atoms with Gasteiger partial charge in [-0.15, -0.1) is 0 Å². The van der Waals surface area contributed by atoms with Gasteiger partial charge in [-0.1, -0.05) is 28.1 Å². The van der Waals surface area contributed by atoms with Crippen LogP contribution in [-0.2, 0) is 16.4 Å². The van der Waals surface area contributed by atoms with Crippen LogP contribution >= 0.6 is 15.9 Å². The SMILES string of the molecule is CCS(=O)(=O)NC(C)CCc1ccc(Br)cc1. The number of hydrogen-bond donors (Lipinski definition) is 1. The molecule has 1 rings (SSSR count). The fourth-order valence-electron chi connectivity index (χ4n) is 1.48. The van der Waals surface area contributed by atoms with E-state index in [0.29, 0.717) is 0 Å². The third-order valence-corrected chi connectivity index (χ3v) is 4.59. The topological polar surface area (TPSA) is 46.2 Å². The van der Waals surface area contributed by atoms with Gasteiger partial charge in [-0.2, -0.15) is 0 Å². The molecule has 1 aromatic rings. The van der Waals surface area contributed by atoms with Crippen LogP contribution in [0.2, 0.25) is 0 Å². The van der Waals surface area contributed by atoms with Gasteiger partial charge in [-0.25, -0.2) is 13.1 Å². The lowest BCUT2D eigenvalue weighted by Crippen LogP contribution is -2.33. The lowest BCUT2D eigenvalue weighted by Gasteiger charge is -2.13. The number of hydrogen-bond acceptors (Lipinski definition) is 2. The predicted molar refractivity (Wildman–Crippen MR) is 74.5 cm³/mol. The third-order valence-electron chi connectivity index (χ3n) is 2.54. The van der Waals surface area contributed by atoms with Gasteiger partial charge in [0.2, 0.25) is 10.0 Å². The van der Waals surface area contributed by atoms with Crippen LogP contribution in [0.25, 0.3) is 0 Å². The number of nitrogens with one attached hydrogen (secondary N) is 1. The Labute approximate surface area is 112 Å². The minimum Gasteiger partial charge on any atom is -0.212 e. The highest BCUT2D eigenvalue weighted by Crippen LogP contribution is 2.12. The molecule has 0 aliphatic heterocycles. The van der Waals surface area contributed by atoms with Crippen molar-refractivity contribution in [2.45, 2.75) is 32.7 Å². The number of aryl methyl sites for hydroxylation is 1. The van der Waals surface area contributed by atoms with Crippen molar-refractivity contribution in [3.63, 3.8) is 0 Å². The van der Waals surface area contributed by atoms with Crippen LogP contribution in [0.5, 0.6) is 0 Å². The van der Waals surface area contributed by atoms with E-state index in [2.05, 4.69) is 20.7 Å². The van der Waals surface area contributed by atoms with Gasteiger partial charge in [-0.3, -0.25) is 0 Å². The lowest BCUT2D eigenvalue weighted by molar-refractivity contribution is 0.548. The van der Waals surface area contributed by atoms with Crippen molar-refractivity contribution >= 4 is 26.0 Å². The summed E-state index contributed by atoms with van der Waals surface area (Å²) in [5.41, 5.74) is 1.22. The zero-order valence-corrected chi connectivity index (χ0v) is 12.5. The second-order valence-electron chi connectivity index (χ2n) is 4.09. The molecule has 3 nitrogen and oxygen atoms in total. The highest BCUT2D eigenvalue weighted by Gasteiger charge is 2.11. The van der Waals surface area contributed by atoms with Gasteiger partial charge in [0.05, 0.1) is 5.75 Å². The molecule has 0 amide bonds. The second kappa shape index (κ2) is 6.52. The molecule has 0 saturated carbocycles. The number of sulfonamides is 1. The Balaban J connectivity index is 2.43. The molecule has 1 N–H and O–H groups in total. The van der Waals surface area contributed by atoms with E-state index in [0.717, 1.165) is 17.3 Å². The first-order valence-corrected chi connectivity index (χ1v) is 8.12. The molecule has 0 aliphatic carbocycles. The van der Waals surface area contributed by atoms with E-state index in [-0.39, 0.29) is 11.8 Å². The van der Waals surface area contributed by atoms with Crippen LogP contribution < -0.4 is 4.72 Å². The Bertz CT molecular complexity index is 442. The van der Waals surface area contributed by atoms with Crippen LogP contribution in [0.15, 0.2) is 28.7 Å². The van der Waals surface area contributed by atoms with Gasteiger partial charge in [0.1, 0.15) is 0 Å². The standard InChI is InChI=1S/C12H18BrNO2S/c1-3-17(15,16)14-10(2)4-5-11-6-8-12(13)9-7-11/h6-10,14H,3-5H2,1-2H3. The molecule has 0 fully saturated rings. The summed E-state index contributed by atoms with van der Waals surface area (Å²) in [5.74, 6) is 0.135. The fraction of sp³-hybridized carbons (Fsp3) is 0.500. The molecular formula is C12H18BrNO2S. The van der Waals surface area contributed by atoms with Crippen molar-refractivity contribution in [2.75, 3.05) is 5.75 Å². The molecule has 0 saturated heterocycles. The molecule has 0 aliphatic rings. The average molecular weight is 320 g/mol. The van der Waals surface area contributed by atoms with Crippen molar-refractivity contribution in [3.05, 3.63) is 34.3 Å². The minimum atomic E-state index is -3.09. The van der Waals surface area contributed by atoms with Crippen LogP contribution in [0.3, 0.4) is 0 Å². The Morgan fingerprint density at radius 2 is 1.88 bits per heavy atom. The quantitative estimate of drug-likeness (QED) is 0.876. The van der Waals surface area contributed by atoms with E-state index in [1.54, 1.807) is 6.92 Å². The molecule has 1 atom stereocenters. The average Bonchev–Trinajstić information content (AvgIpc) is 2.28. The van der Waals surface area contributed by atoms with Gasteiger partial charge in [0, 0.05) is 10.5 Å². The first-order chi connectivity index (χ1) is 7.93. The zero-order valence-electron chi connectivity index (χ0n) is 10.1. The van der Waals surface area contributed by atoms with Gasteiger partial charge < -0.3 is 0 Å². The van der Waals surface area contributed by atoms with Crippen molar-refractivity contribution in [3.8, 4) is 0 Å². The van der Waals surface area contributed by atoms with Gasteiger partial charge in [0.25, 0.3) is 0 Å². The molecule has 1 aromatic carbocycles. The summed E-state index contributed by atoms with van der Waals surface area (Å²) in [5, 5.41) is 0.